The highest BCUT2D eigenvalue weighted by molar-refractivity contribution is 7.99. The van der Waals surface area contributed by atoms with Crippen LogP contribution in [0.25, 0.3) is 10.7 Å². The van der Waals surface area contributed by atoms with Crippen LogP contribution in [0.5, 0.6) is 0 Å². The molecule has 1 fully saturated rings. The number of aromatic amines is 1. The van der Waals surface area contributed by atoms with Crippen LogP contribution in [0.2, 0.25) is 0 Å². The fraction of sp³-hybridized carbons (Fsp3) is 0.588. The second-order valence-corrected chi connectivity index (χ2v) is 8.31. The van der Waals surface area contributed by atoms with Gasteiger partial charge in [-0.05, 0) is 38.1 Å². The summed E-state index contributed by atoms with van der Waals surface area (Å²) in [5.74, 6) is 1.37. The minimum absolute atomic E-state index is 0.198. The third kappa shape index (κ3) is 4.19. The molecule has 1 saturated carbocycles. The van der Waals surface area contributed by atoms with Crippen molar-refractivity contribution < 1.29 is 4.79 Å². The summed E-state index contributed by atoms with van der Waals surface area (Å²) >= 11 is 3.04. The molecule has 130 valence electrons. The fourth-order valence-corrected chi connectivity index (χ4v) is 4.64. The topological polar surface area (TPSA) is 61.9 Å². The smallest absolute Gasteiger partial charge is 0.233 e. The van der Waals surface area contributed by atoms with E-state index in [1.165, 1.54) is 31.0 Å². The van der Waals surface area contributed by atoms with Gasteiger partial charge in [-0.1, -0.05) is 37.1 Å². The van der Waals surface area contributed by atoms with Crippen LogP contribution in [0.1, 0.15) is 46.0 Å². The number of carbonyl (C=O) groups excluding carboxylic acids is 1. The number of rotatable bonds is 6. The molecule has 24 heavy (non-hydrogen) atoms. The SMILES string of the molecule is CC(C)N(C(=O)CSc1n[nH]c(-c2cccs2)n1)C1CCCCC1. The van der Waals surface area contributed by atoms with Crippen molar-refractivity contribution in [3.8, 4) is 10.7 Å². The molecule has 0 unspecified atom stereocenters. The summed E-state index contributed by atoms with van der Waals surface area (Å²) in [6.45, 7) is 4.22. The van der Waals surface area contributed by atoms with Crippen molar-refractivity contribution in [3.63, 3.8) is 0 Å². The van der Waals surface area contributed by atoms with Crippen molar-refractivity contribution in [1.29, 1.82) is 0 Å². The van der Waals surface area contributed by atoms with Crippen LogP contribution in [-0.4, -0.2) is 43.8 Å². The monoisotopic (exact) mass is 364 g/mol. The molecule has 2 aromatic rings. The highest BCUT2D eigenvalue weighted by Gasteiger charge is 2.27. The molecule has 1 aliphatic rings. The molecular formula is C17H24N4OS2. The summed E-state index contributed by atoms with van der Waals surface area (Å²) in [6, 6.07) is 4.65. The van der Waals surface area contributed by atoms with Crippen molar-refractivity contribution in [1.82, 2.24) is 20.1 Å². The number of hydrogen-bond acceptors (Lipinski definition) is 5. The highest BCUT2D eigenvalue weighted by atomic mass is 32.2. The predicted molar refractivity (Wildman–Crippen MR) is 99.3 cm³/mol. The maximum atomic E-state index is 12.7. The van der Waals surface area contributed by atoms with Gasteiger partial charge in [0, 0.05) is 12.1 Å². The number of nitrogens with zero attached hydrogens (tertiary/aromatic N) is 3. The average molecular weight is 365 g/mol. The van der Waals surface area contributed by atoms with Crippen molar-refractivity contribution >= 4 is 29.0 Å². The van der Waals surface area contributed by atoms with Crippen LogP contribution < -0.4 is 0 Å². The summed E-state index contributed by atoms with van der Waals surface area (Å²) in [6.07, 6.45) is 6.04. The molecule has 0 aromatic carbocycles. The number of carbonyl (C=O) groups is 1. The Morgan fingerprint density at radius 1 is 1.42 bits per heavy atom. The van der Waals surface area contributed by atoms with E-state index >= 15 is 0 Å². The Bertz CT molecular complexity index is 647. The lowest BCUT2D eigenvalue weighted by Crippen LogP contribution is -2.46. The number of thiophene rings is 1. The van der Waals surface area contributed by atoms with Crippen LogP contribution >= 0.6 is 23.1 Å². The van der Waals surface area contributed by atoms with Gasteiger partial charge in [0.15, 0.2) is 5.82 Å². The first-order valence-corrected chi connectivity index (χ1v) is 10.4. The maximum absolute atomic E-state index is 12.7. The van der Waals surface area contributed by atoms with Crippen LogP contribution in [0, 0.1) is 0 Å². The zero-order valence-corrected chi connectivity index (χ0v) is 15.8. The van der Waals surface area contributed by atoms with Crippen molar-refractivity contribution in [2.24, 2.45) is 0 Å². The van der Waals surface area contributed by atoms with Gasteiger partial charge in [0.25, 0.3) is 0 Å². The summed E-state index contributed by atoms with van der Waals surface area (Å²) in [4.78, 5) is 20.4. The molecule has 0 bridgehead atoms. The lowest BCUT2D eigenvalue weighted by molar-refractivity contribution is -0.133. The molecule has 0 spiro atoms. The van der Waals surface area contributed by atoms with Gasteiger partial charge in [-0.3, -0.25) is 9.89 Å². The van der Waals surface area contributed by atoms with Crippen LogP contribution in [0.4, 0.5) is 0 Å². The Morgan fingerprint density at radius 3 is 2.88 bits per heavy atom. The van der Waals surface area contributed by atoms with E-state index in [-0.39, 0.29) is 11.9 Å². The summed E-state index contributed by atoms with van der Waals surface area (Å²) < 4.78 is 0. The molecular weight excluding hydrogens is 340 g/mol. The molecule has 1 N–H and O–H groups in total. The van der Waals surface area contributed by atoms with Gasteiger partial charge in [0.05, 0.1) is 10.6 Å². The molecule has 0 aliphatic heterocycles. The second-order valence-electron chi connectivity index (χ2n) is 6.42. The first-order chi connectivity index (χ1) is 11.6. The van der Waals surface area contributed by atoms with Crippen molar-refractivity contribution in [2.75, 3.05) is 5.75 Å². The van der Waals surface area contributed by atoms with Gasteiger partial charge < -0.3 is 4.90 Å². The Balaban J connectivity index is 1.59. The minimum Gasteiger partial charge on any atom is -0.337 e. The zero-order chi connectivity index (χ0) is 16.9. The molecule has 3 rings (SSSR count). The van der Waals surface area contributed by atoms with E-state index in [4.69, 9.17) is 0 Å². The number of thioether (sulfide) groups is 1. The van der Waals surface area contributed by atoms with Gasteiger partial charge >= 0.3 is 0 Å². The minimum atomic E-state index is 0.198. The molecule has 0 radical (unpaired) electrons. The average Bonchev–Trinajstić information content (AvgIpc) is 3.25. The van der Waals surface area contributed by atoms with Crippen LogP contribution in [0.3, 0.4) is 0 Å². The van der Waals surface area contributed by atoms with E-state index in [1.54, 1.807) is 11.3 Å². The van der Waals surface area contributed by atoms with Gasteiger partial charge in [0.2, 0.25) is 11.1 Å². The van der Waals surface area contributed by atoms with E-state index < -0.39 is 0 Å². The largest absolute Gasteiger partial charge is 0.337 e. The van der Waals surface area contributed by atoms with E-state index in [0.29, 0.717) is 17.0 Å². The Hall–Kier alpha value is -1.34. The van der Waals surface area contributed by atoms with Gasteiger partial charge in [0.1, 0.15) is 0 Å². The standard InChI is InChI=1S/C17H24N4OS2/c1-12(2)21(13-7-4-3-5-8-13)15(22)11-24-17-18-16(19-20-17)14-9-6-10-23-14/h6,9-10,12-13H,3-5,7-8,11H2,1-2H3,(H,18,19,20). The number of H-pyrrole nitrogens is 1. The number of nitrogens with one attached hydrogen (secondary N) is 1. The molecule has 7 heteroatoms. The molecule has 2 heterocycles. The third-order valence-corrected chi connectivity index (χ3v) is 6.07. The molecule has 2 aromatic heterocycles. The molecule has 1 aliphatic carbocycles. The molecule has 0 saturated heterocycles. The normalized spacial score (nSPS) is 15.8. The molecule has 5 nitrogen and oxygen atoms in total. The molecule has 0 atom stereocenters. The van der Waals surface area contributed by atoms with E-state index in [9.17, 15) is 4.79 Å². The Kier molecular flexibility index (Phi) is 5.94. The summed E-state index contributed by atoms with van der Waals surface area (Å²) in [5, 5.41) is 9.83. The van der Waals surface area contributed by atoms with Crippen LogP contribution in [0.15, 0.2) is 22.7 Å². The third-order valence-electron chi connectivity index (χ3n) is 4.36. The van der Waals surface area contributed by atoms with E-state index in [1.807, 2.05) is 17.5 Å². The number of amides is 1. The first-order valence-electron chi connectivity index (χ1n) is 8.55. The Morgan fingerprint density at radius 2 is 2.21 bits per heavy atom. The first kappa shape index (κ1) is 17.5. The van der Waals surface area contributed by atoms with Crippen LogP contribution in [-0.2, 0) is 4.79 Å². The van der Waals surface area contributed by atoms with E-state index in [0.717, 1.165) is 23.5 Å². The highest BCUT2D eigenvalue weighted by Crippen LogP contribution is 2.26. The van der Waals surface area contributed by atoms with Gasteiger partial charge in [-0.15, -0.1) is 16.4 Å². The lowest BCUT2D eigenvalue weighted by Gasteiger charge is -2.37. The van der Waals surface area contributed by atoms with Gasteiger partial charge in [-0.25, -0.2) is 4.98 Å². The zero-order valence-electron chi connectivity index (χ0n) is 14.2. The Labute approximate surface area is 151 Å². The summed E-state index contributed by atoms with van der Waals surface area (Å²) in [7, 11) is 0. The van der Waals surface area contributed by atoms with Crippen molar-refractivity contribution in [2.45, 2.75) is 63.2 Å². The second kappa shape index (κ2) is 8.16. The quantitative estimate of drug-likeness (QED) is 0.781. The number of hydrogen-bond donors (Lipinski definition) is 1. The fourth-order valence-electron chi connectivity index (χ4n) is 3.31. The predicted octanol–water partition coefficient (Wildman–Crippen LogP) is 4.20. The number of aromatic nitrogens is 3. The summed E-state index contributed by atoms with van der Waals surface area (Å²) in [5.41, 5.74) is 0. The lowest BCUT2D eigenvalue weighted by atomic mass is 9.93. The van der Waals surface area contributed by atoms with E-state index in [2.05, 4.69) is 33.9 Å². The molecule has 1 amide bonds. The maximum Gasteiger partial charge on any atom is 0.233 e. The van der Waals surface area contributed by atoms with Gasteiger partial charge in [-0.2, -0.15) is 0 Å². The van der Waals surface area contributed by atoms with Crippen molar-refractivity contribution in [3.05, 3.63) is 17.5 Å².